The highest BCUT2D eigenvalue weighted by molar-refractivity contribution is 7.98. The predicted octanol–water partition coefficient (Wildman–Crippen LogP) is 5.37. The second-order valence-electron chi connectivity index (χ2n) is 6.87. The normalized spacial score (nSPS) is 21.4. The average molecular weight is 365 g/mol. The molecule has 4 rings (SSSR count). The number of carbonyl (C=O) groups is 1. The fraction of sp³-hybridized carbons (Fsp3) is 0.318. The molecule has 4 heteroatoms. The van der Waals surface area contributed by atoms with Crippen LogP contribution < -0.4 is 0 Å². The topological polar surface area (TPSA) is 29.5 Å². The highest BCUT2D eigenvalue weighted by Gasteiger charge is 2.40. The third kappa shape index (κ3) is 3.51. The SMILES string of the molecule is CSc1cccc(C2=CC3CCC(C2)N3C(=O)OCc2ccccc2)c1. The number of rotatable bonds is 4. The quantitative estimate of drug-likeness (QED) is 0.683. The van der Waals surface area contributed by atoms with Crippen molar-refractivity contribution in [3.05, 3.63) is 71.8 Å². The van der Waals surface area contributed by atoms with Crippen LogP contribution in [0.1, 0.15) is 30.4 Å². The van der Waals surface area contributed by atoms with E-state index in [1.165, 1.54) is 16.0 Å². The van der Waals surface area contributed by atoms with E-state index in [4.69, 9.17) is 4.74 Å². The van der Waals surface area contributed by atoms with Crippen LogP contribution in [0.4, 0.5) is 4.79 Å². The molecule has 0 aromatic heterocycles. The van der Waals surface area contributed by atoms with Crippen molar-refractivity contribution in [2.24, 2.45) is 0 Å². The highest BCUT2D eigenvalue weighted by Crippen LogP contribution is 2.39. The van der Waals surface area contributed by atoms with Gasteiger partial charge in [0.25, 0.3) is 0 Å². The molecule has 1 fully saturated rings. The standard InChI is InChI=1S/C22H23NO2S/c1-26-21-9-5-8-17(14-21)18-12-19-10-11-20(13-18)23(19)22(24)25-15-16-6-3-2-4-7-16/h2-9,12,14,19-20H,10-11,13,15H2,1H3. The predicted molar refractivity (Wildman–Crippen MR) is 106 cm³/mol. The Morgan fingerprint density at radius 2 is 2.00 bits per heavy atom. The first-order valence-corrected chi connectivity index (χ1v) is 10.3. The Kier molecular flexibility index (Phi) is 5.02. The summed E-state index contributed by atoms with van der Waals surface area (Å²) in [7, 11) is 0. The van der Waals surface area contributed by atoms with Crippen LogP contribution in [0.2, 0.25) is 0 Å². The van der Waals surface area contributed by atoms with Crippen molar-refractivity contribution in [3.8, 4) is 0 Å². The summed E-state index contributed by atoms with van der Waals surface area (Å²) in [6.07, 6.45) is 7.17. The van der Waals surface area contributed by atoms with Crippen molar-refractivity contribution in [3.63, 3.8) is 0 Å². The largest absolute Gasteiger partial charge is 0.445 e. The van der Waals surface area contributed by atoms with E-state index < -0.39 is 0 Å². The van der Waals surface area contributed by atoms with Crippen LogP contribution in [0.3, 0.4) is 0 Å². The third-order valence-corrected chi connectivity index (χ3v) is 5.98. The summed E-state index contributed by atoms with van der Waals surface area (Å²) < 4.78 is 5.58. The number of amides is 1. The molecule has 134 valence electrons. The Labute approximate surface area is 159 Å². The summed E-state index contributed by atoms with van der Waals surface area (Å²) >= 11 is 1.76. The lowest BCUT2D eigenvalue weighted by atomic mass is 9.95. The number of ether oxygens (including phenoxy) is 1. The molecule has 26 heavy (non-hydrogen) atoms. The number of hydrogen-bond donors (Lipinski definition) is 0. The zero-order valence-electron chi connectivity index (χ0n) is 14.9. The van der Waals surface area contributed by atoms with Crippen LogP contribution in [0, 0.1) is 0 Å². The number of benzene rings is 2. The van der Waals surface area contributed by atoms with Gasteiger partial charge >= 0.3 is 6.09 Å². The van der Waals surface area contributed by atoms with Crippen molar-refractivity contribution in [1.29, 1.82) is 0 Å². The van der Waals surface area contributed by atoms with E-state index in [-0.39, 0.29) is 18.2 Å². The maximum Gasteiger partial charge on any atom is 0.410 e. The van der Waals surface area contributed by atoms with E-state index in [2.05, 4.69) is 36.6 Å². The number of fused-ring (bicyclic) bond motifs is 2. The number of thioether (sulfide) groups is 1. The molecule has 2 bridgehead atoms. The van der Waals surface area contributed by atoms with Crippen molar-refractivity contribution >= 4 is 23.4 Å². The minimum Gasteiger partial charge on any atom is -0.445 e. The zero-order chi connectivity index (χ0) is 17.9. The van der Waals surface area contributed by atoms with Crippen molar-refractivity contribution < 1.29 is 9.53 Å². The molecule has 1 amide bonds. The van der Waals surface area contributed by atoms with Crippen LogP contribution in [0.25, 0.3) is 5.57 Å². The molecule has 0 N–H and O–H groups in total. The molecule has 2 atom stereocenters. The Morgan fingerprint density at radius 3 is 2.77 bits per heavy atom. The molecular weight excluding hydrogens is 342 g/mol. The molecule has 1 saturated heterocycles. The second kappa shape index (κ2) is 7.58. The third-order valence-electron chi connectivity index (χ3n) is 5.25. The fourth-order valence-corrected chi connectivity index (χ4v) is 4.40. The van der Waals surface area contributed by atoms with Gasteiger partial charge in [0.05, 0.1) is 6.04 Å². The zero-order valence-corrected chi connectivity index (χ0v) is 15.7. The van der Waals surface area contributed by atoms with Gasteiger partial charge in [0, 0.05) is 10.9 Å². The van der Waals surface area contributed by atoms with Gasteiger partial charge in [0.15, 0.2) is 0 Å². The van der Waals surface area contributed by atoms with E-state index in [0.717, 1.165) is 24.8 Å². The first-order valence-electron chi connectivity index (χ1n) is 9.09. The van der Waals surface area contributed by atoms with Gasteiger partial charge in [-0.3, -0.25) is 4.90 Å². The molecule has 2 aliphatic heterocycles. The van der Waals surface area contributed by atoms with E-state index >= 15 is 0 Å². The monoisotopic (exact) mass is 365 g/mol. The summed E-state index contributed by atoms with van der Waals surface area (Å²) in [5.74, 6) is 0. The van der Waals surface area contributed by atoms with Crippen molar-refractivity contribution in [2.75, 3.05) is 6.26 Å². The molecule has 2 aromatic carbocycles. The Hall–Kier alpha value is -2.20. The highest BCUT2D eigenvalue weighted by atomic mass is 32.2. The Balaban J connectivity index is 1.47. The minimum atomic E-state index is -0.186. The van der Waals surface area contributed by atoms with Gasteiger partial charge in [0.2, 0.25) is 0 Å². The van der Waals surface area contributed by atoms with E-state index in [1.54, 1.807) is 11.8 Å². The van der Waals surface area contributed by atoms with Gasteiger partial charge < -0.3 is 4.74 Å². The lowest BCUT2D eigenvalue weighted by molar-refractivity contribution is 0.0832. The van der Waals surface area contributed by atoms with Gasteiger partial charge in [-0.1, -0.05) is 48.5 Å². The van der Waals surface area contributed by atoms with Gasteiger partial charge in [0.1, 0.15) is 6.61 Å². The molecule has 0 aliphatic carbocycles. The minimum absolute atomic E-state index is 0.157. The number of carbonyl (C=O) groups excluding carboxylic acids is 1. The molecular formula is C22H23NO2S. The summed E-state index contributed by atoms with van der Waals surface area (Å²) in [5, 5.41) is 0. The van der Waals surface area contributed by atoms with E-state index in [9.17, 15) is 4.79 Å². The van der Waals surface area contributed by atoms with Crippen molar-refractivity contribution in [1.82, 2.24) is 4.90 Å². The van der Waals surface area contributed by atoms with Crippen LogP contribution in [-0.2, 0) is 11.3 Å². The molecule has 2 unspecified atom stereocenters. The van der Waals surface area contributed by atoms with Crippen LogP contribution in [-0.4, -0.2) is 29.3 Å². The number of nitrogens with zero attached hydrogens (tertiary/aromatic N) is 1. The van der Waals surface area contributed by atoms with Gasteiger partial charge in [-0.25, -0.2) is 4.79 Å². The lowest BCUT2D eigenvalue weighted by Gasteiger charge is -2.33. The molecule has 0 spiro atoms. The Morgan fingerprint density at radius 1 is 1.15 bits per heavy atom. The first-order chi connectivity index (χ1) is 12.7. The molecule has 2 heterocycles. The summed E-state index contributed by atoms with van der Waals surface area (Å²) in [5.41, 5.74) is 3.67. The summed E-state index contributed by atoms with van der Waals surface area (Å²) in [6, 6.07) is 18.9. The average Bonchev–Trinajstić information content (AvgIpc) is 2.96. The molecule has 0 radical (unpaired) electrons. The van der Waals surface area contributed by atoms with Crippen LogP contribution in [0.15, 0.2) is 65.6 Å². The van der Waals surface area contributed by atoms with Gasteiger partial charge in [-0.2, -0.15) is 0 Å². The molecule has 0 saturated carbocycles. The maximum atomic E-state index is 12.6. The smallest absolute Gasteiger partial charge is 0.410 e. The van der Waals surface area contributed by atoms with Gasteiger partial charge in [-0.15, -0.1) is 11.8 Å². The second-order valence-corrected chi connectivity index (χ2v) is 7.75. The lowest BCUT2D eigenvalue weighted by Crippen LogP contribution is -2.43. The molecule has 3 nitrogen and oxygen atoms in total. The Bertz CT molecular complexity index is 818. The van der Waals surface area contributed by atoms with E-state index in [0.29, 0.717) is 6.61 Å². The first kappa shape index (κ1) is 17.2. The summed E-state index contributed by atoms with van der Waals surface area (Å²) in [6.45, 7) is 0.335. The molecule has 2 aromatic rings. The fourth-order valence-electron chi connectivity index (χ4n) is 3.95. The van der Waals surface area contributed by atoms with E-state index in [1.807, 2.05) is 35.2 Å². The van der Waals surface area contributed by atoms with Crippen molar-refractivity contribution in [2.45, 2.75) is 42.8 Å². The number of hydrogen-bond acceptors (Lipinski definition) is 3. The summed E-state index contributed by atoms with van der Waals surface area (Å²) in [4.78, 5) is 15.9. The van der Waals surface area contributed by atoms with Gasteiger partial charge in [-0.05, 0) is 54.4 Å². The molecule has 2 aliphatic rings. The van der Waals surface area contributed by atoms with Crippen LogP contribution in [0.5, 0.6) is 0 Å². The van der Waals surface area contributed by atoms with Crippen LogP contribution >= 0.6 is 11.8 Å². The maximum absolute atomic E-state index is 12.6.